The number of pyridine rings is 1. The van der Waals surface area contributed by atoms with E-state index in [0.29, 0.717) is 5.56 Å². The van der Waals surface area contributed by atoms with Crippen LogP contribution in [0, 0.1) is 10.1 Å². The van der Waals surface area contributed by atoms with Crippen LogP contribution in [0.1, 0.15) is 45.3 Å². The van der Waals surface area contributed by atoms with E-state index in [1.165, 1.54) is 29.4 Å². The van der Waals surface area contributed by atoms with Crippen LogP contribution < -0.4 is 0 Å². The van der Waals surface area contributed by atoms with Crippen LogP contribution in [0.15, 0.2) is 37.3 Å². The minimum atomic E-state index is -3.10. The fourth-order valence-electron chi connectivity index (χ4n) is 3.12. The number of nitrogens with zero attached hydrogens (tertiary/aromatic N) is 5. The predicted octanol–water partition coefficient (Wildman–Crippen LogP) is 4.64. The SMILES string of the molecule is C=CC[C@@H](c1cncc(-c2c([N+](=O)[O-])cnn2C(F)F)c1)N(C(=O)O)C(C)(C)C. The molecular formula is C18H21F2N5O4. The Hall–Kier alpha value is -3.37. The number of aromatic nitrogens is 3. The zero-order valence-corrected chi connectivity index (χ0v) is 16.1. The number of hydrogen-bond acceptors (Lipinski definition) is 5. The van der Waals surface area contributed by atoms with Crippen molar-refractivity contribution < 1.29 is 23.6 Å². The normalized spacial score (nSPS) is 12.6. The van der Waals surface area contributed by atoms with Crippen molar-refractivity contribution in [3.63, 3.8) is 0 Å². The summed E-state index contributed by atoms with van der Waals surface area (Å²) in [5.41, 5.74) is -1.38. The Bertz CT molecular complexity index is 923. The first-order valence-corrected chi connectivity index (χ1v) is 8.57. The average Bonchev–Trinajstić information content (AvgIpc) is 3.05. The van der Waals surface area contributed by atoms with E-state index in [4.69, 9.17) is 0 Å². The molecule has 1 N–H and O–H groups in total. The number of halogens is 2. The van der Waals surface area contributed by atoms with Crippen molar-refractivity contribution in [3.8, 4) is 11.3 Å². The van der Waals surface area contributed by atoms with Crippen LogP contribution in [-0.4, -0.2) is 41.3 Å². The number of carbonyl (C=O) groups is 1. The molecule has 2 aromatic rings. The number of alkyl halides is 2. The van der Waals surface area contributed by atoms with Gasteiger partial charge < -0.3 is 5.11 Å². The van der Waals surface area contributed by atoms with E-state index >= 15 is 0 Å². The second kappa shape index (κ2) is 8.33. The second-order valence-corrected chi connectivity index (χ2v) is 7.23. The Kier molecular flexibility index (Phi) is 6.30. The summed E-state index contributed by atoms with van der Waals surface area (Å²) in [7, 11) is 0. The van der Waals surface area contributed by atoms with Crippen LogP contribution in [-0.2, 0) is 0 Å². The number of amides is 1. The molecule has 0 saturated carbocycles. The molecular weight excluding hydrogens is 388 g/mol. The van der Waals surface area contributed by atoms with Crippen molar-refractivity contribution in [2.45, 2.75) is 45.3 Å². The highest BCUT2D eigenvalue weighted by atomic mass is 19.3. The summed E-state index contributed by atoms with van der Waals surface area (Å²) in [4.78, 5) is 27.6. The molecule has 29 heavy (non-hydrogen) atoms. The van der Waals surface area contributed by atoms with Crippen molar-refractivity contribution in [3.05, 3.63) is 53.0 Å². The van der Waals surface area contributed by atoms with Gasteiger partial charge in [-0.05, 0) is 38.8 Å². The van der Waals surface area contributed by atoms with Gasteiger partial charge in [-0.3, -0.25) is 20.0 Å². The minimum Gasteiger partial charge on any atom is -0.465 e. The molecule has 0 unspecified atom stereocenters. The molecule has 2 rings (SSSR count). The highest BCUT2D eigenvalue weighted by Crippen LogP contribution is 2.36. The molecule has 0 saturated heterocycles. The van der Waals surface area contributed by atoms with Crippen molar-refractivity contribution in [1.29, 1.82) is 0 Å². The Morgan fingerprint density at radius 3 is 2.55 bits per heavy atom. The quantitative estimate of drug-likeness (QED) is 0.405. The smallest absolute Gasteiger partial charge is 0.408 e. The molecule has 0 aliphatic carbocycles. The van der Waals surface area contributed by atoms with E-state index in [1.54, 1.807) is 20.8 Å². The lowest BCUT2D eigenvalue weighted by atomic mass is 9.96. The average molecular weight is 409 g/mol. The summed E-state index contributed by atoms with van der Waals surface area (Å²) in [6, 6.07) is 0.686. The van der Waals surface area contributed by atoms with Gasteiger partial charge in [-0.1, -0.05) is 6.08 Å². The molecule has 9 nitrogen and oxygen atoms in total. The van der Waals surface area contributed by atoms with Crippen LogP contribution >= 0.6 is 0 Å². The molecule has 2 aromatic heterocycles. The maximum Gasteiger partial charge on any atom is 0.408 e. The molecule has 156 valence electrons. The van der Waals surface area contributed by atoms with Gasteiger partial charge in [0.2, 0.25) is 0 Å². The van der Waals surface area contributed by atoms with Gasteiger partial charge in [0.1, 0.15) is 6.20 Å². The van der Waals surface area contributed by atoms with Crippen LogP contribution in [0.2, 0.25) is 0 Å². The molecule has 0 aliphatic rings. The lowest BCUT2D eigenvalue weighted by Gasteiger charge is -2.39. The van der Waals surface area contributed by atoms with E-state index < -0.39 is 40.5 Å². The van der Waals surface area contributed by atoms with E-state index in [9.17, 15) is 28.8 Å². The first-order chi connectivity index (χ1) is 13.5. The van der Waals surface area contributed by atoms with Crippen LogP contribution in [0.25, 0.3) is 11.3 Å². The van der Waals surface area contributed by atoms with Gasteiger partial charge in [0, 0.05) is 23.5 Å². The van der Waals surface area contributed by atoms with E-state index in [-0.39, 0.29) is 16.7 Å². The van der Waals surface area contributed by atoms with Gasteiger partial charge in [0.15, 0.2) is 5.69 Å². The molecule has 11 heteroatoms. The van der Waals surface area contributed by atoms with E-state index in [1.807, 2.05) is 0 Å². The number of nitro groups is 1. The summed E-state index contributed by atoms with van der Waals surface area (Å²) in [6.45, 7) is 5.69. The summed E-state index contributed by atoms with van der Waals surface area (Å²) >= 11 is 0. The van der Waals surface area contributed by atoms with Crippen molar-refractivity contribution in [2.24, 2.45) is 0 Å². The molecule has 0 bridgehead atoms. The Balaban J connectivity index is 2.66. The number of hydrogen-bond donors (Lipinski definition) is 1. The molecule has 1 amide bonds. The highest BCUT2D eigenvalue weighted by molar-refractivity contribution is 5.70. The Morgan fingerprint density at radius 1 is 1.41 bits per heavy atom. The summed E-state index contributed by atoms with van der Waals surface area (Å²) < 4.78 is 26.9. The molecule has 0 aliphatic heterocycles. The van der Waals surface area contributed by atoms with Crippen molar-refractivity contribution in [1.82, 2.24) is 19.7 Å². The lowest BCUT2D eigenvalue weighted by molar-refractivity contribution is -0.384. The fraction of sp³-hybridized carbons (Fsp3) is 0.389. The third-order valence-electron chi connectivity index (χ3n) is 4.21. The standard InChI is InChI=1S/C18H21F2N5O4/c1-5-6-13(23(17(26)27)18(2,3)4)11-7-12(9-21-8-11)15-14(25(28)29)10-22-24(15)16(19)20/h5,7-10,13,16H,1,6H2,2-4H3,(H,26,27)/t13-/m0/s1. The van der Waals surface area contributed by atoms with Gasteiger partial charge in [0.05, 0.1) is 11.0 Å². The maximum absolute atomic E-state index is 13.3. The number of rotatable bonds is 7. The first-order valence-electron chi connectivity index (χ1n) is 8.57. The molecule has 0 radical (unpaired) electrons. The highest BCUT2D eigenvalue weighted by Gasteiger charge is 2.34. The zero-order chi connectivity index (χ0) is 21.9. The summed E-state index contributed by atoms with van der Waals surface area (Å²) in [5, 5.41) is 24.4. The first kappa shape index (κ1) is 21.9. The maximum atomic E-state index is 13.3. The minimum absolute atomic E-state index is 0.0281. The lowest BCUT2D eigenvalue weighted by Crippen LogP contribution is -2.47. The topological polar surface area (TPSA) is 114 Å². The van der Waals surface area contributed by atoms with Crippen molar-refractivity contribution in [2.75, 3.05) is 0 Å². The van der Waals surface area contributed by atoms with E-state index in [2.05, 4.69) is 16.7 Å². The van der Waals surface area contributed by atoms with Crippen LogP contribution in [0.4, 0.5) is 19.3 Å². The van der Waals surface area contributed by atoms with Gasteiger partial charge in [0.25, 0.3) is 0 Å². The molecule has 2 heterocycles. The largest absolute Gasteiger partial charge is 0.465 e. The predicted molar refractivity (Wildman–Crippen MR) is 101 cm³/mol. The number of carboxylic acid groups (broad SMARTS) is 1. The molecule has 0 aromatic carbocycles. The third kappa shape index (κ3) is 4.55. The summed E-state index contributed by atoms with van der Waals surface area (Å²) in [6.07, 6.45) is 3.91. The van der Waals surface area contributed by atoms with Gasteiger partial charge in [-0.25, -0.2) is 4.79 Å². The van der Waals surface area contributed by atoms with Crippen LogP contribution in [0.3, 0.4) is 0 Å². The van der Waals surface area contributed by atoms with Gasteiger partial charge in [-0.2, -0.15) is 18.6 Å². The van der Waals surface area contributed by atoms with E-state index in [0.717, 1.165) is 6.20 Å². The summed E-state index contributed by atoms with van der Waals surface area (Å²) in [5.74, 6) is 0. The zero-order valence-electron chi connectivity index (χ0n) is 16.1. The van der Waals surface area contributed by atoms with Crippen LogP contribution in [0.5, 0.6) is 0 Å². The van der Waals surface area contributed by atoms with Crippen molar-refractivity contribution >= 4 is 11.8 Å². The van der Waals surface area contributed by atoms with Gasteiger partial charge in [-0.15, -0.1) is 6.58 Å². The Labute approximate surface area is 165 Å². The fourth-order valence-corrected chi connectivity index (χ4v) is 3.12. The van der Waals surface area contributed by atoms with Gasteiger partial charge >= 0.3 is 18.3 Å². The Morgan fingerprint density at radius 2 is 2.07 bits per heavy atom. The molecule has 0 spiro atoms. The molecule has 0 fully saturated rings. The monoisotopic (exact) mass is 409 g/mol. The second-order valence-electron chi connectivity index (χ2n) is 7.23. The third-order valence-corrected chi connectivity index (χ3v) is 4.21. The molecule has 1 atom stereocenters.